The molecule has 3 aliphatic rings. The molecule has 0 saturated carbocycles. The quantitative estimate of drug-likeness (QED) is 0.670. The molecule has 1 N–H and O–H groups in total. The predicted octanol–water partition coefficient (Wildman–Crippen LogP) is 0.841. The first-order valence-corrected chi connectivity index (χ1v) is 10.9. The highest BCUT2D eigenvalue weighted by Gasteiger charge is 2.42. The van der Waals surface area contributed by atoms with Crippen LogP contribution in [0.25, 0.3) is 5.95 Å². The molecule has 2 saturated heterocycles. The Morgan fingerprint density at radius 1 is 0.839 bits per heavy atom. The lowest BCUT2D eigenvalue weighted by atomic mass is 9.95. The highest BCUT2D eigenvalue weighted by Crippen LogP contribution is 2.26. The first-order valence-electron chi connectivity index (χ1n) is 10.9. The second kappa shape index (κ2) is 7.58. The summed E-state index contributed by atoms with van der Waals surface area (Å²) in [5.74, 6) is 2.00. The van der Waals surface area contributed by atoms with Crippen LogP contribution in [0.15, 0.2) is 42.7 Å². The van der Waals surface area contributed by atoms with E-state index in [1.54, 1.807) is 10.9 Å². The summed E-state index contributed by atoms with van der Waals surface area (Å²) in [5, 5.41) is 7.96. The van der Waals surface area contributed by atoms with Gasteiger partial charge < -0.3 is 19.9 Å². The average molecular weight is 419 g/mol. The van der Waals surface area contributed by atoms with Crippen LogP contribution in [0.3, 0.4) is 0 Å². The second-order valence-corrected chi connectivity index (χ2v) is 8.56. The molecule has 0 bridgehead atoms. The van der Waals surface area contributed by atoms with Crippen molar-refractivity contribution in [3.8, 4) is 5.95 Å². The Kier molecular flexibility index (Phi) is 4.57. The van der Waals surface area contributed by atoms with Gasteiger partial charge in [0.2, 0.25) is 11.9 Å². The molecule has 9 heteroatoms. The summed E-state index contributed by atoms with van der Waals surface area (Å²) >= 11 is 0. The number of anilines is 2. The SMILES string of the molecule is c1ccc2c(c1)CCN(c1nc(N3CCNC4(COC4)C3)nc(-n3cccn3)n1)CC2. The van der Waals surface area contributed by atoms with Gasteiger partial charge >= 0.3 is 0 Å². The molecule has 0 amide bonds. The summed E-state index contributed by atoms with van der Waals surface area (Å²) in [5.41, 5.74) is 2.85. The van der Waals surface area contributed by atoms with Crippen molar-refractivity contribution in [1.29, 1.82) is 0 Å². The number of benzene rings is 1. The number of nitrogens with zero attached hydrogens (tertiary/aromatic N) is 7. The van der Waals surface area contributed by atoms with E-state index < -0.39 is 0 Å². The monoisotopic (exact) mass is 418 g/mol. The lowest BCUT2D eigenvalue weighted by Gasteiger charge is -2.48. The van der Waals surface area contributed by atoms with Gasteiger partial charge in [-0.05, 0) is 30.0 Å². The average Bonchev–Trinajstić information content (AvgIpc) is 3.25. The molecule has 5 heterocycles. The van der Waals surface area contributed by atoms with Crippen LogP contribution >= 0.6 is 0 Å². The van der Waals surface area contributed by atoms with Crippen molar-refractivity contribution in [3.63, 3.8) is 0 Å². The van der Waals surface area contributed by atoms with E-state index in [1.165, 1.54) is 11.1 Å². The molecule has 9 nitrogen and oxygen atoms in total. The van der Waals surface area contributed by atoms with Crippen LogP contribution in [0.1, 0.15) is 11.1 Å². The fourth-order valence-corrected chi connectivity index (χ4v) is 4.65. The molecule has 3 aliphatic heterocycles. The van der Waals surface area contributed by atoms with E-state index in [1.807, 2.05) is 12.3 Å². The summed E-state index contributed by atoms with van der Waals surface area (Å²) in [7, 11) is 0. The zero-order valence-corrected chi connectivity index (χ0v) is 17.4. The molecular weight excluding hydrogens is 392 g/mol. The Morgan fingerprint density at radius 3 is 2.19 bits per heavy atom. The molecule has 6 rings (SSSR count). The first-order chi connectivity index (χ1) is 15.3. The molecule has 31 heavy (non-hydrogen) atoms. The third-order valence-electron chi connectivity index (χ3n) is 6.43. The summed E-state index contributed by atoms with van der Waals surface area (Å²) in [6, 6.07) is 10.6. The van der Waals surface area contributed by atoms with Crippen LogP contribution < -0.4 is 15.1 Å². The van der Waals surface area contributed by atoms with Gasteiger partial charge in [0.05, 0.1) is 18.8 Å². The number of piperazine rings is 1. The molecule has 1 spiro atoms. The van der Waals surface area contributed by atoms with E-state index >= 15 is 0 Å². The summed E-state index contributed by atoms with van der Waals surface area (Å²) < 4.78 is 7.20. The third kappa shape index (κ3) is 3.53. The van der Waals surface area contributed by atoms with Crippen molar-refractivity contribution >= 4 is 11.9 Å². The Labute approximate surface area is 181 Å². The molecule has 3 aromatic rings. The van der Waals surface area contributed by atoms with Gasteiger partial charge in [-0.1, -0.05) is 24.3 Å². The molecule has 0 unspecified atom stereocenters. The summed E-state index contributed by atoms with van der Waals surface area (Å²) in [4.78, 5) is 19.1. The molecular formula is C22H26N8O. The maximum absolute atomic E-state index is 5.48. The van der Waals surface area contributed by atoms with Gasteiger partial charge in [0.15, 0.2) is 0 Å². The Morgan fingerprint density at radius 2 is 1.55 bits per heavy atom. The highest BCUT2D eigenvalue weighted by molar-refractivity contribution is 5.44. The predicted molar refractivity (Wildman–Crippen MR) is 117 cm³/mol. The molecule has 0 atom stereocenters. The Bertz CT molecular complexity index is 1040. The smallest absolute Gasteiger partial charge is 0.257 e. The normalized spacial score (nSPS) is 20.3. The van der Waals surface area contributed by atoms with Crippen LogP contribution in [-0.4, -0.2) is 76.2 Å². The van der Waals surface area contributed by atoms with Gasteiger partial charge in [-0.3, -0.25) is 0 Å². The van der Waals surface area contributed by atoms with Gasteiger partial charge in [0, 0.05) is 45.1 Å². The molecule has 2 aromatic heterocycles. The lowest BCUT2D eigenvalue weighted by Crippen LogP contribution is -2.70. The number of nitrogens with one attached hydrogen (secondary N) is 1. The van der Waals surface area contributed by atoms with Crippen molar-refractivity contribution in [1.82, 2.24) is 30.0 Å². The summed E-state index contributed by atoms with van der Waals surface area (Å²) in [6.45, 7) is 5.82. The van der Waals surface area contributed by atoms with E-state index in [9.17, 15) is 0 Å². The van der Waals surface area contributed by atoms with Gasteiger partial charge in [-0.25, -0.2) is 4.68 Å². The van der Waals surface area contributed by atoms with Gasteiger partial charge in [0.1, 0.15) is 0 Å². The van der Waals surface area contributed by atoms with Crippen LogP contribution in [0.4, 0.5) is 11.9 Å². The van der Waals surface area contributed by atoms with Crippen LogP contribution in [0.5, 0.6) is 0 Å². The minimum atomic E-state index is 0.0150. The van der Waals surface area contributed by atoms with E-state index in [4.69, 9.17) is 19.7 Å². The minimum absolute atomic E-state index is 0.0150. The van der Waals surface area contributed by atoms with Gasteiger partial charge in [0.25, 0.3) is 5.95 Å². The number of rotatable bonds is 3. The van der Waals surface area contributed by atoms with Crippen molar-refractivity contribution in [2.45, 2.75) is 18.4 Å². The molecule has 2 fully saturated rings. The van der Waals surface area contributed by atoms with Crippen molar-refractivity contribution < 1.29 is 4.74 Å². The minimum Gasteiger partial charge on any atom is -0.377 e. The maximum atomic E-state index is 5.48. The van der Waals surface area contributed by atoms with Gasteiger partial charge in [-0.15, -0.1) is 0 Å². The van der Waals surface area contributed by atoms with Crippen LogP contribution in [0.2, 0.25) is 0 Å². The second-order valence-electron chi connectivity index (χ2n) is 8.56. The van der Waals surface area contributed by atoms with Gasteiger partial charge in [-0.2, -0.15) is 20.1 Å². The fraction of sp³-hybridized carbons (Fsp3) is 0.455. The zero-order chi connectivity index (χ0) is 20.7. The lowest BCUT2D eigenvalue weighted by molar-refractivity contribution is -0.0744. The van der Waals surface area contributed by atoms with Crippen molar-refractivity contribution in [3.05, 3.63) is 53.9 Å². The Hall–Kier alpha value is -3.04. The fourth-order valence-electron chi connectivity index (χ4n) is 4.65. The first kappa shape index (κ1) is 18.7. The van der Waals surface area contributed by atoms with Crippen molar-refractivity contribution in [2.24, 2.45) is 0 Å². The molecule has 1 aromatic carbocycles. The number of fused-ring (bicyclic) bond motifs is 1. The largest absolute Gasteiger partial charge is 0.377 e. The van der Waals surface area contributed by atoms with Crippen LogP contribution in [-0.2, 0) is 17.6 Å². The Balaban J connectivity index is 1.34. The number of hydrogen-bond acceptors (Lipinski definition) is 8. The number of hydrogen-bond donors (Lipinski definition) is 1. The molecule has 0 aliphatic carbocycles. The number of ether oxygens (including phenoxy) is 1. The maximum Gasteiger partial charge on any atom is 0.257 e. The summed E-state index contributed by atoms with van der Waals surface area (Å²) in [6.07, 6.45) is 5.60. The number of aromatic nitrogens is 5. The zero-order valence-electron chi connectivity index (χ0n) is 17.4. The van der Waals surface area contributed by atoms with Crippen molar-refractivity contribution in [2.75, 3.05) is 55.7 Å². The molecule has 0 radical (unpaired) electrons. The topological polar surface area (TPSA) is 84.2 Å². The van der Waals surface area contributed by atoms with E-state index in [2.05, 4.69) is 44.5 Å². The highest BCUT2D eigenvalue weighted by atomic mass is 16.5. The molecule has 160 valence electrons. The third-order valence-corrected chi connectivity index (χ3v) is 6.43. The van der Waals surface area contributed by atoms with E-state index in [0.717, 1.165) is 64.7 Å². The standard InChI is InChI=1S/C22H26N8O/c1-2-5-18-7-12-28(11-6-17(18)4-1)19-25-20(27-21(26-19)30-10-3-8-24-30)29-13-9-23-22(14-29)15-31-16-22/h1-5,8,10,23H,6-7,9,11-16H2. The van der Waals surface area contributed by atoms with Crippen LogP contribution in [0, 0.1) is 0 Å². The van der Waals surface area contributed by atoms with E-state index in [-0.39, 0.29) is 5.54 Å². The van der Waals surface area contributed by atoms with E-state index in [0.29, 0.717) is 11.9 Å².